The third-order valence-corrected chi connectivity index (χ3v) is 3.55. The third kappa shape index (κ3) is 5.90. The molecule has 0 radical (unpaired) electrons. The second-order valence-corrected chi connectivity index (χ2v) is 5.31. The summed E-state index contributed by atoms with van der Waals surface area (Å²) in [6, 6.07) is 6.82. The lowest BCUT2D eigenvalue weighted by molar-refractivity contribution is -0.140. The molecule has 6 nitrogen and oxygen atoms in total. The quantitative estimate of drug-likeness (QED) is 0.719. The van der Waals surface area contributed by atoms with Crippen LogP contribution in [-0.4, -0.2) is 48.1 Å². The minimum atomic E-state index is -0.595. The van der Waals surface area contributed by atoms with E-state index in [1.54, 1.807) is 18.9 Å². The molecule has 0 heterocycles. The highest BCUT2D eigenvalue weighted by Crippen LogP contribution is 2.15. The SMILES string of the molecule is CCCC(=O)N(Cc1ccc(OC)cc1)[C@H](C)C(=O)NCCO. The standard InChI is InChI=1S/C17H26N2O4/c1-4-5-16(21)19(13(2)17(22)18-10-11-20)12-14-6-8-15(23-3)9-7-14/h6-9,13,20H,4-5,10-12H2,1-3H3,(H,18,22)/t13-/m1/s1. The number of aliphatic hydroxyl groups is 1. The molecule has 0 aliphatic heterocycles. The number of aliphatic hydroxyl groups excluding tert-OH is 1. The summed E-state index contributed by atoms with van der Waals surface area (Å²) in [5, 5.41) is 11.4. The van der Waals surface area contributed by atoms with Gasteiger partial charge in [0.05, 0.1) is 13.7 Å². The van der Waals surface area contributed by atoms with Gasteiger partial charge in [-0.3, -0.25) is 9.59 Å². The average molecular weight is 322 g/mol. The normalized spacial score (nSPS) is 11.7. The van der Waals surface area contributed by atoms with Crippen LogP contribution in [0.2, 0.25) is 0 Å². The summed E-state index contributed by atoms with van der Waals surface area (Å²) in [6.45, 7) is 4.04. The van der Waals surface area contributed by atoms with Gasteiger partial charge in [-0.2, -0.15) is 0 Å². The molecule has 0 saturated carbocycles. The van der Waals surface area contributed by atoms with Crippen LogP contribution in [0.5, 0.6) is 5.75 Å². The van der Waals surface area contributed by atoms with Gasteiger partial charge in [0.1, 0.15) is 11.8 Å². The number of carbonyl (C=O) groups is 2. The molecule has 6 heteroatoms. The lowest BCUT2D eigenvalue weighted by atomic mass is 10.1. The molecule has 0 aliphatic carbocycles. The van der Waals surface area contributed by atoms with Crippen LogP contribution < -0.4 is 10.1 Å². The van der Waals surface area contributed by atoms with Gasteiger partial charge in [-0.25, -0.2) is 0 Å². The minimum Gasteiger partial charge on any atom is -0.497 e. The van der Waals surface area contributed by atoms with Crippen molar-refractivity contribution in [3.05, 3.63) is 29.8 Å². The van der Waals surface area contributed by atoms with Crippen molar-refractivity contribution in [1.82, 2.24) is 10.2 Å². The smallest absolute Gasteiger partial charge is 0.242 e. The molecule has 1 aromatic rings. The molecule has 2 amide bonds. The van der Waals surface area contributed by atoms with E-state index >= 15 is 0 Å². The Morgan fingerprint density at radius 1 is 1.30 bits per heavy atom. The molecule has 0 aliphatic rings. The van der Waals surface area contributed by atoms with Crippen LogP contribution in [0.4, 0.5) is 0 Å². The van der Waals surface area contributed by atoms with Crippen LogP contribution in [0.3, 0.4) is 0 Å². The van der Waals surface area contributed by atoms with Gasteiger partial charge in [-0.15, -0.1) is 0 Å². The topological polar surface area (TPSA) is 78.9 Å². The lowest BCUT2D eigenvalue weighted by Crippen LogP contribution is -2.48. The van der Waals surface area contributed by atoms with Gasteiger partial charge in [0.25, 0.3) is 0 Å². The van der Waals surface area contributed by atoms with E-state index in [0.29, 0.717) is 13.0 Å². The van der Waals surface area contributed by atoms with Gasteiger partial charge in [0.15, 0.2) is 0 Å². The van der Waals surface area contributed by atoms with Crippen LogP contribution >= 0.6 is 0 Å². The highest BCUT2D eigenvalue weighted by molar-refractivity contribution is 5.87. The number of hydrogen-bond donors (Lipinski definition) is 2. The molecule has 1 aromatic carbocycles. The van der Waals surface area contributed by atoms with Gasteiger partial charge in [-0.1, -0.05) is 19.1 Å². The Morgan fingerprint density at radius 3 is 2.48 bits per heavy atom. The fraction of sp³-hybridized carbons (Fsp3) is 0.529. The van der Waals surface area contributed by atoms with Gasteiger partial charge in [-0.05, 0) is 31.0 Å². The Hall–Kier alpha value is -2.08. The minimum absolute atomic E-state index is 0.0602. The number of ether oxygens (including phenoxy) is 1. The van der Waals surface area contributed by atoms with E-state index in [-0.39, 0.29) is 25.0 Å². The van der Waals surface area contributed by atoms with Gasteiger partial charge >= 0.3 is 0 Å². The average Bonchev–Trinajstić information content (AvgIpc) is 2.57. The molecule has 0 unspecified atom stereocenters. The highest BCUT2D eigenvalue weighted by Gasteiger charge is 2.25. The summed E-state index contributed by atoms with van der Waals surface area (Å²) < 4.78 is 5.12. The van der Waals surface area contributed by atoms with Crippen molar-refractivity contribution in [3.63, 3.8) is 0 Å². The van der Waals surface area contributed by atoms with Crippen molar-refractivity contribution < 1.29 is 19.4 Å². The van der Waals surface area contributed by atoms with Gasteiger partial charge in [0, 0.05) is 19.5 Å². The van der Waals surface area contributed by atoms with Gasteiger partial charge in [0.2, 0.25) is 11.8 Å². The highest BCUT2D eigenvalue weighted by atomic mass is 16.5. The molecule has 1 atom stereocenters. The number of rotatable bonds is 9. The molecule has 0 bridgehead atoms. The fourth-order valence-electron chi connectivity index (χ4n) is 2.19. The maximum absolute atomic E-state index is 12.4. The van der Waals surface area contributed by atoms with Crippen LogP contribution in [0.15, 0.2) is 24.3 Å². The maximum Gasteiger partial charge on any atom is 0.242 e. The van der Waals surface area contributed by atoms with E-state index in [2.05, 4.69) is 5.32 Å². The lowest BCUT2D eigenvalue weighted by Gasteiger charge is -2.28. The Balaban J connectivity index is 2.86. The van der Waals surface area contributed by atoms with E-state index < -0.39 is 6.04 Å². The third-order valence-electron chi connectivity index (χ3n) is 3.55. The second-order valence-electron chi connectivity index (χ2n) is 5.31. The maximum atomic E-state index is 12.4. The van der Waals surface area contributed by atoms with Crippen molar-refractivity contribution in [3.8, 4) is 5.75 Å². The first-order chi connectivity index (χ1) is 11.0. The number of nitrogens with one attached hydrogen (secondary N) is 1. The summed E-state index contributed by atoms with van der Waals surface area (Å²) in [5.74, 6) is 0.418. The molecule has 0 aromatic heterocycles. The molecule has 128 valence electrons. The van der Waals surface area contributed by atoms with Crippen molar-refractivity contribution in [1.29, 1.82) is 0 Å². The zero-order chi connectivity index (χ0) is 17.2. The van der Waals surface area contributed by atoms with Crippen molar-refractivity contribution in [2.75, 3.05) is 20.3 Å². The first kappa shape index (κ1) is 19.0. The first-order valence-electron chi connectivity index (χ1n) is 7.84. The number of carbonyl (C=O) groups excluding carboxylic acids is 2. The number of hydrogen-bond acceptors (Lipinski definition) is 4. The molecule has 0 fully saturated rings. The number of amides is 2. The molecular formula is C17H26N2O4. The second kappa shape index (κ2) is 9.84. The molecule has 0 saturated heterocycles. The van der Waals surface area contributed by atoms with Crippen LogP contribution in [-0.2, 0) is 16.1 Å². The zero-order valence-electron chi connectivity index (χ0n) is 14.0. The van der Waals surface area contributed by atoms with E-state index in [1.807, 2.05) is 31.2 Å². The van der Waals surface area contributed by atoms with Crippen molar-refractivity contribution >= 4 is 11.8 Å². The largest absolute Gasteiger partial charge is 0.497 e. The molecule has 1 rings (SSSR count). The van der Waals surface area contributed by atoms with Crippen molar-refractivity contribution in [2.45, 2.75) is 39.3 Å². The van der Waals surface area contributed by atoms with E-state index in [9.17, 15) is 9.59 Å². The Kier molecular flexibility index (Phi) is 8.11. The summed E-state index contributed by atoms with van der Waals surface area (Å²) in [6.07, 6.45) is 1.12. The predicted molar refractivity (Wildman–Crippen MR) is 88.0 cm³/mol. The van der Waals surface area contributed by atoms with Crippen LogP contribution in [0.25, 0.3) is 0 Å². The summed E-state index contributed by atoms with van der Waals surface area (Å²) in [7, 11) is 1.60. The molecule has 0 spiro atoms. The zero-order valence-corrected chi connectivity index (χ0v) is 14.0. The number of benzene rings is 1. The number of nitrogens with zero attached hydrogens (tertiary/aromatic N) is 1. The Morgan fingerprint density at radius 2 is 1.96 bits per heavy atom. The van der Waals surface area contributed by atoms with E-state index in [4.69, 9.17) is 9.84 Å². The Labute approximate surface area is 137 Å². The first-order valence-corrected chi connectivity index (χ1v) is 7.84. The predicted octanol–water partition coefficient (Wildman–Crippen LogP) is 1.32. The number of methoxy groups -OCH3 is 1. The van der Waals surface area contributed by atoms with E-state index in [0.717, 1.165) is 17.7 Å². The van der Waals surface area contributed by atoms with Crippen LogP contribution in [0.1, 0.15) is 32.3 Å². The molecule has 2 N–H and O–H groups in total. The van der Waals surface area contributed by atoms with Crippen LogP contribution in [0, 0.1) is 0 Å². The van der Waals surface area contributed by atoms with E-state index in [1.165, 1.54) is 0 Å². The van der Waals surface area contributed by atoms with Crippen molar-refractivity contribution in [2.24, 2.45) is 0 Å². The molecule has 23 heavy (non-hydrogen) atoms. The fourth-order valence-corrected chi connectivity index (χ4v) is 2.19. The summed E-state index contributed by atoms with van der Waals surface area (Å²) >= 11 is 0. The Bertz CT molecular complexity index is 502. The van der Waals surface area contributed by atoms with Gasteiger partial charge < -0.3 is 20.1 Å². The molecular weight excluding hydrogens is 296 g/mol. The summed E-state index contributed by atoms with van der Waals surface area (Å²) in [5.41, 5.74) is 0.928. The monoisotopic (exact) mass is 322 g/mol. The summed E-state index contributed by atoms with van der Waals surface area (Å²) in [4.78, 5) is 26.0.